The molecule has 6 amide bonds. The Morgan fingerprint density at radius 2 is 1.50 bits per heavy atom. The van der Waals surface area contributed by atoms with Gasteiger partial charge in [-0.3, -0.25) is 24.3 Å². The first kappa shape index (κ1) is 52.3. The van der Waals surface area contributed by atoms with E-state index in [1.807, 2.05) is 37.3 Å². The molecule has 376 valence electrons. The average molecular weight is 978 g/mol. The number of rotatable bonds is 15. The predicted octanol–water partition coefficient (Wildman–Crippen LogP) is 7.13. The Hall–Kier alpha value is -7.06. The van der Waals surface area contributed by atoms with Crippen molar-refractivity contribution in [3.63, 3.8) is 0 Å². The molecule has 3 aromatic carbocycles. The summed E-state index contributed by atoms with van der Waals surface area (Å²) in [5, 5.41) is 26.2. The molecule has 4 aromatic rings. The molecule has 2 heterocycles. The summed E-state index contributed by atoms with van der Waals surface area (Å²) < 4.78 is 63.9. The number of hydrogen-bond donors (Lipinski definition) is 6. The molecule has 1 atom stereocenters. The number of carbonyl (C=O) groups excluding carboxylic acids is 5. The number of likely N-dealkylation sites (tertiary alicyclic amines) is 1. The van der Waals surface area contributed by atoms with Crippen molar-refractivity contribution in [1.82, 2.24) is 40.9 Å². The van der Waals surface area contributed by atoms with E-state index in [0.29, 0.717) is 68.6 Å². The summed E-state index contributed by atoms with van der Waals surface area (Å²) in [6.07, 6.45) is 2.04. The molecule has 70 heavy (non-hydrogen) atoms. The van der Waals surface area contributed by atoms with Crippen molar-refractivity contribution in [3.05, 3.63) is 89.2 Å². The molecular formula is C49H59F4N9O8. The number of halogens is 4. The van der Waals surface area contributed by atoms with E-state index < -0.39 is 59.2 Å². The Morgan fingerprint density at radius 3 is 2.09 bits per heavy atom. The van der Waals surface area contributed by atoms with Gasteiger partial charge in [-0.05, 0) is 131 Å². The molecule has 1 aromatic heterocycles. The number of nitrogens with one attached hydrogen (secondary N) is 5. The molecule has 2 fully saturated rings. The predicted molar refractivity (Wildman–Crippen MR) is 250 cm³/mol. The first-order chi connectivity index (χ1) is 32.9. The van der Waals surface area contributed by atoms with Crippen molar-refractivity contribution in [2.45, 2.75) is 102 Å². The number of nitrogens with zero attached hydrogens (tertiary/aromatic N) is 4. The molecule has 17 nitrogen and oxygen atoms in total. The summed E-state index contributed by atoms with van der Waals surface area (Å²) in [4.78, 5) is 81.5. The smallest absolute Gasteiger partial charge is 0.407 e. The number of aromatic amines is 1. The van der Waals surface area contributed by atoms with Gasteiger partial charge in [-0.25, -0.2) is 14.6 Å². The number of ether oxygens (including phenoxy) is 1. The van der Waals surface area contributed by atoms with E-state index in [0.717, 1.165) is 36.3 Å². The molecular weight excluding hydrogens is 919 g/mol. The van der Waals surface area contributed by atoms with Gasteiger partial charge in [0.15, 0.2) is 5.82 Å². The Bertz CT molecular complexity index is 2530. The van der Waals surface area contributed by atoms with Crippen LogP contribution in [0.4, 0.5) is 32.8 Å². The second kappa shape index (κ2) is 21.7. The molecule has 1 aliphatic carbocycles. The lowest BCUT2D eigenvalue weighted by molar-refractivity contribution is -0.224. The highest BCUT2D eigenvalue weighted by Gasteiger charge is 2.66. The summed E-state index contributed by atoms with van der Waals surface area (Å²) in [7, 11) is 1.83. The number of amides is 6. The number of piperidine rings is 1. The highest BCUT2D eigenvalue weighted by molar-refractivity contribution is 5.98. The number of aryl methyl sites for hydroxylation is 1. The average Bonchev–Trinajstić information content (AvgIpc) is 3.82. The van der Waals surface area contributed by atoms with Crippen molar-refractivity contribution >= 4 is 41.5 Å². The van der Waals surface area contributed by atoms with Crippen LogP contribution in [0.1, 0.15) is 86.6 Å². The number of benzene rings is 3. The van der Waals surface area contributed by atoms with E-state index in [1.165, 1.54) is 29.2 Å². The lowest BCUT2D eigenvalue weighted by Gasteiger charge is -2.30. The Kier molecular flexibility index (Phi) is 16.2. The Balaban J connectivity index is 1.13. The minimum absolute atomic E-state index is 0.0879. The van der Waals surface area contributed by atoms with Crippen molar-refractivity contribution in [2.24, 2.45) is 11.8 Å². The van der Waals surface area contributed by atoms with Crippen LogP contribution in [0.3, 0.4) is 0 Å². The minimum atomic E-state index is -5.13. The monoisotopic (exact) mass is 977 g/mol. The Labute approximate surface area is 402 Å². The molecule has 21 heteroatoms. The van der Waals surface area contributed by atoms with E-state index in [2.05, 4.69) is 36.4 Å². The summed E-state index contributed by atoms with van der Waals surface area (Å²) in [6, 6.07) is 17.2. The highest BCUT2D eigenvalue weighted by atomic mass is 19.3. The third-order valence-electron chi connectivity index (χ3n) is 12.3. The fourth-order valence-corrected chi connectivity index (χ4v) is 8.37. The van der Waals surface area contributed by atoms with Crippen LogP contribution < -0.4 is 21.3 Å². The van der Waals surface area contributed by atoms with Gasteiger partial charge in [0.05, 0.1) is 0 Å². The van der Waals surface area contributed by atoms with Gasteiger partial charge in [0, 0.05) is 68.9 Å². The third kappa shape index (κ3) is 13.0. The van der Waals surface area contributed by atoms with Gasteiger partial charge in [0.2, 0.25) is 17.6 Å². The second-order valence-electron chi connectivity index (χ2n) is 19.0. The quantitative estimate of drug-likeness (QED) is 0.0661. The van der Waals surface area contributed by atoms with Gasteiger partial charge >= 0.3 is 24.0 Å². The number of hydrogen-bond acceptors (Lipinski definition) is 9. The second-order valence-corrected chi connectivity index (χ2v) is 19.0. The molecule has 1 aliphatic heterocycles. The van der Waals surface area contributed by atoms with Crippen molar-refractivity contribution in [1.29, 1.82) is 0 Å². The van der Waals surface area contributed by atoms with Crippen molar-refractivity contribution in [3.8, 4) is 22.5 Å². The number of alkyl halides is 4. The zero-order valence-corrected chi connectivity index (χ0v) is 39.8. The number of carboxylic acid groups (broad SMARTS) is 1. The summed E-state index contributed by atoms with van der Waals surface area (Å²) in [5.74, 6) is -15.6. The highest BCUT2D eigenvalue weighted by Crippen LogP contribution is 2.43. The van der Waals surface area contributed by atoms with Crippen LogP contribution in [0.5, 0.6) is 0 Å². The molecule has 6 N–H and O–H groups in total. The van der Waals surface area contributed by atoms with Crippen molar-refractivity contribution < 1.29 is 56.2 Å². The number of alkyl carbamates (subject to hydrolysis) is 1. The zero-order chi connectivity index (χ0) is 51.1. The Morgan fingerprint density at radius 1 is 0.871 bits per heavy atom. The largest absolute Gasteiger partial charge is 0.465 e. The third-order valence-corrected chi connectivity index (χ3v) is 12.3. The number of aromatic nitrogens is 3. The lowest BCUT2D eigenvalue weighted by Crippen LogP contribution is -2.50. The van der Waals surface area contributed by atoms with Crippen LogP contribution in [-0.4, -0.2) is 123 Å². The molecule has 0 radical (unpaired) electrons. The van der Waals surface area contributed by atoms with Crippen LogP contribution in [0, 0.1) is 18.8 Å². The van der Waals surface area contributed by atoms with Crippen LogP contribution in [0.15, 0.2) is 66.7 Å². The van der Waals surface area contributed by atoms with E-state index in [9.17, 15) is 51.4 Å². The van der Waals surface area contributed by atoms with Gasteiger partial charge in [0.1, 0.15) is 11.6 Å². The van der Waals surface area contributed by atoms with Gasteiger partial charge < -0.3 is 40.9 Å². The number of carbonyl (C=O) groups is 6. The minimum Gasteiger partial charge on any atom is -0.465 e. The molecule has 6 rings (SSSR count). The standard InChI is InChI=1S/C49H59F4N9O8/c1-28-25-34(41(64)55-36-21-23-62(24-22-36)46(68)69)17-20-37(28)31-11-7-29(8-12-31)26-38(57-40(63)33-13-9-30(10-14-33)27-54-45(67)70-47(2,3)4)42(65)56-35-18-15-32(16-19-35)39-58-43(60-59-39)48(50,51)49(52,53)44(66)61(5)6/h7-8,11-12,15-20,25,30,33,36,38H,9-10,13-14,21-24,26-27H2,1-6H3,(H,54,67)(H,55,64)(H,56,65)(H,57,63)(H,68,69)(H,58,59,60)/t30-,33-,38-/m0/s1. The van der Waals surface area contributed by atoms with Crippen LogP contribution in [-0.2, 0) is 31.5 Å². The van der Waals surface area contributed by atoms with Gasteiger partial charge in [-0.2, -0.15) is 22.7 Å². The maximum absolute atomic E-state index is 14.8. The van der Waals surface area contributed by atoms with Crippen LogP contribution in [0.25, 0.3) is 22.5 Å². The lowest BCUT2D eigenvalue weighted by atomic mass is 9.81. The van der Waals surface area contributed by atoms with E-state index in [-0.39, 0.29) is 47.3 Å². The fraction of sp³-hybridized carbons (Fsp3) is 0.469. The summed E-state index contributed by atoms with van der Waals surface area (Å²) in [6.45, 7) is 8.31. The van der Waals surface area contributed by atoms with E-state index in [1.54, 1.807) is 32.9 Å². The number of H-pyrrole nitrogens is 1. The van der Waals surface area contributed by atoms with E-state index >= 15 is 0 Å². The molecule has 0 bridgehead atoms. The van der Waals surface area contributed by atoms with Gasteiger partial charge in [-0.15, -0.1) is 0 Å². The van der Waals surface area contributed by atoms with Crippen molar-refractivity contribution in [2.75, 3.05) is 39.0 Å². The first-order valence-corrected chi connectivity index (χ1v) is 23.0. The molecule has 2 aliphatic rings. The maximum Gasteiger partial charge on any atom is 0.407 e. The van der Waals surface area contributed by atoms with E-state index in [4.69, 9.17) is 4.74 Å². The van der Waals surface area contributed by atoms with Gasteiger partial charge in [0.25, 0.3) is 11.8 Å². The van der Waals surface area contributed by atoms with Crippen LogP contribution >= 0.6 is 0 Å². The molecule has 0 spiro atoms. The topological polar surface area (TPSA) is 228 Å². The molecule has 1 saturated heterocycles. The van der Waals surface area contributed by atoms with Gasteiger partial charge in [-0.1, -0.05) is 30.3 Å². The van der Waals surface area contributed by atoms with Crippen LogP contribution in [0.2, 0.25) is 0 Å². The SMILES string of the molecule is Cc1cc(C(=O)NC2CCN(C(=O)O)CC2)ccc1-c1ccc(C[C@H](NC(=O)[C@H]2CC[C@H](CNC(=O)OC(C)(C)C)CC2)C(=O)Nc2ccc(-c3nc(C(F)(F)C(F)(F)C(=O)N(C)C)n[nH]3)cc2)cc1. The fourth-order valence-electron chi connectivity index (χ4n) is 8.37. The molecule has 0 unspecified atom stereocenters. The number of anilines is 1. The normalized spacial score (nSPS) is 17.2. The first-order valence-electron chi connectivity index (χ1n) is 23.0. The summed E-state index contributed by atoms with van der Waals surface area (Å²) in [5.41, 5.74) is 3.51. The zero-order valence-electron chi connectivity index (χ0n) is 39.8. The summed E-state index contributed by atoms with van der Waals surface area (Å²) >= 11 is 0. The maximum atomic E-state index is 14.8. The molecule has 1 saturated carbocycles.